The number of likely N-dealkylation sites (tertiary alicyclic amines) is 1. The highest BCUT2D eigenvalue weighted by Crippen LogP contribution is 2.23. The molecule has 0 aliphatic carbocycles. The molecule has 1 fully saturated rings. The number of Topliss-reactive ketones (excluding diaryl/α,β-unsaturated/α-hetero) is 1. The van der Waals surface area contributed by atoms with Crippen LogP contribution in [0.15, 0.2) is 96.1 Å². The van der Waals surface area contributed by atoms with E-state index < -0.39 is 0 Å². The van der Waals surface area contributed by atoms with Gasteiger partial charge in [-0.2, -0.15) is 0 Å². The number of hydrogen-bond donors (Lipinski definition) is 0. The summed E-state index contributed by atoms with van der Waals surface area (Å²) < 4.78 is 0. The Hall–Kier alpha value is -3.23. The Bertz CT molecular complexity index is 969. The lowest BCUT2D eigenvalue weighted by molar-refractivity contribution is -0.113. The first kappa shape index (κ1) is 19.1. The zero-order valence-electron chi connectivity index (χ0n) is 16.7. The van der Waals surface area contributed by atoms with E-state index in [0.717, 1.165) is 28.8 Å². The van der Waals surface area contributed by atoms with Gasteiger partial charge in [0.25, 0.3) is 0 Å². The van der Waals surface area contributed by atoms with Gasteiger partial charge in [0, 0.05) is 30.8 Å². The maximum absolute atomic E-state index is 13.2. The van der Waals surface area contributed by atoms with Crippen molar-refractivity contribution in [3.63, 3.8) is 0 Å². The topological polar surface area (TPSA) is 20.3 Å². The van der Waals surface area contributed by atoms with Crippen LogP contribution in [-0.4, -0.2) is 23.8 Å². The van der Waals surface area contributed by atoms with Crippen molar-refractivity contribution >= 4 is 17.9 Å². The number of hydrogen-bond acceptors (Lipinski definition) is 2. The predicted octanol–water partition coefficient (Wildman–Crippen LogP) is 5.55. The fourth-order valence-electron chi connectivity index (χ4n) is 3.67. The number of benzene rings is 3. The van der Waals surface area contributed by atoms with Crippen LogP contribution in [0.4, 0.5) is 0 Å². The molecular formula is C27H25NO. The normalized spacial score (nSPS) is 17.8. The van der Waals surface area contributed by atoms with Gasteiger partial charge in [0.15, 0.2) is 5.78 Å². The number of piperidine rings is 1. The van der Waals surface area contributed by atoms with Crippen molar-refractivity contribution in [2.45, 2.75) is 13.5 Å². The Morgan fingerprint density at radius 2 is 1.21 bits per heavy atom. The maximum Gasteiger partial charge on any atom is 0.187 e. The largest absolute Gasteiger partial charge is 0.290 e. The molecule has 1 saturated heterocycles. The molecule has 0 N–H and O–H groups in total. The molecule has 3 aromatic carbocycles. The van der Waals surface area contributed by atoms with Crippen molar-refractivity contribution in [2.75, 3.05) is 13.1 Å². The number of ketones is 1. The summed E-state index contributed by atoms with van der Waals surface area (Å²) in [5.41, 5.74) is 6.34. The van der Waals surface area contributed by atoms with Gasteiger partial charge in [-0.05, 0) is 35.8 Å². The van der Waals surface area contributed by atoms with Crippen molar-refractivity contribution in [3.8, 4) is 0 Å². The fourth-order valence-corrected chi connectivity index (χ4v) is 3.67. The SMILES string of the molecule is Cc1ccc(CN2CC(=Cc3ccccc3)C(=O)C(=Cc3ccccc3)C2)cc1. The Morgan fingerprint density at radius 1 is 0.724 bits per heavy atom. The van der Waals surface area contributed by atoms with Gasteiger partial charge >= 0.3 is 0 Å². The molecule has 29 heavy (non-hydrogen) atoms. The minimum Gasteiger partial charge on any atom is -0.290 e. The monoisotopic (exact) mass is 379 g/mol. The van der Waals surface area contributed by atoms with E-state index in [1.165, 1.54) is 11.1 Å². The zero-order chi connectivity index (χ0) is 20.1. The summed E-state index contributed by atoms with van der Waals surface area (Å²) >= 11 is 0. The van der Waals surface area contributed by atoms with Gasteiger partial charge in [-0.15, -0.1) is 0 Å². The number of nitrogens with zero attached hydrogens (tertiary/aromatic N) is 1. The molecule has 0 aromatic heterocycles. The lowest BCUT2D eigenvalue weighted by Crippen LogP contribution is -2.37. The van der Waals surface area contributed by atoms with Crippen LogP contribution >= 0.6 is 0 Å². The van der Waals surface area contributed by atoms with Crippen molar-refractivity contribution in [1.82, 2.24) is 4.90 Å². The third-order valence-corrected chi connectivity index (χ3v) is 5.18. The van der Waals surface area contributed by atoms with Crippen LogP contribution in [0.5, 0.6) is 0 Å². The first-order valence-corrected chi connectivity index (χ1v) is 10.0. The number of carbonyl (C=O) groups is 1. The van der Waals surface area contributed by atoms with E-state index in [0.29, 0.717) is 13.1 Å². The van der Waals surface area contributed by atoms with Gasteiger partial charge in [0.1, 0.15) is 0 Å². The Kier molecular flexibility index (Phi) is 5.83. The highest BCUT2D eigenvalue weighted by Gasteiger charge is 2.26. The Balaban J connectivity index is 1.65. The van der Waals surface area contributed by atoms with E-state index in [2.05, 4.69) is 36.1 Å². The summed E-state index contributed by atoms with van der Waals surface area (Å²) in [4.78, 5) is 15.6. The van der Waals surface area contributed by atoms with Gasteiger partial charge < -0.3 is 0 Å². The summed E-state index contributed by atoms with van der Waals surface area (Å²) in [7, 11) is 0. The van der Waals surface area contributed by atoms with E-state index >= 15 is 0 Å². The third kappa shape index (κ3) is 4.98. The molecule has 0 amide bonds. The van der Waals surface area contributed by atoms with Gasteiger partial charge in [0.2, 0.25) is 0 Å². The van der Waals surface area contributed by atoms with Crippen LogP contribution in [0.2, 0.25) is 0 Å². The van der Waals surface area contributed by atoms with Gasteiger partial charge in [-0.3, -0.25) is 9.69 Å². The second kappa shape index (κ2) is 8.85. The maximum atomic E-state index is 13.2. The summed E-state index contributed by atoms with van der Waals surface area (Å²) in [6.07, 6.45) is 4.06. The molecule has 1 heterocycles. The van der Waals surface area contributed by atoms with E-state index in [1.54, 1.807) is 0 Å². The fraction of sp³-hybridized carbons (Fsp3) is 0.148. The Morgan fingerprint density at radius 3 is 1.69 bits per heavy atom. The van der Waals surface area contributed by atoms with Gasteiger partial charge in [-0.1, -0.05) is 90.5 Å². The van der Waals surface area contributed by atoms with Crippen LogP contribution in [0.3, 0.4) is 0 Å². The van der Waals surface area contributed by atoms with Gasteiger partial charge in [0.05, 0.1) is 0 Å². The Labute approximate surface area is 172 Å². The van der Waals surface area contributed by atoms with Crippen LogP contribution in [-0.2, 0) is 11.3 Å². The highest BCUT2D eigenvalue weighted by molar-refractivity contribution is 6.14. The summed E-state index contributed by atoms with van der Waals surface area (Å²) in [5.74, 6) is 0.151. The molecule has 3 aromatic rings. The van der Waals surface area contributed by atoms with E-state index in [1.807, 2.05) is 72.8 Å². The summed E-state index contributed by atoms with van der Waals surface area (Å²) in [5, 5.41) is 0. The second-order valence-electron chi connectivity index (χ2n) is 7.62. The average molecular weight is 380 g/mol. The van der Waals surface area contributed by atoms with Gasteiger partial charge in [-0.25, -0.2) is 0 Å². The minimum absolute atomic E-state index is 0.151. The molecule has 0 spiro atoms. The molecule has 0 atom stereocenters. The predicted molar refractivity (Wildman–Crippen MR) is 120 cm³/mol. The summed E-state index contributed by atoms with van der Waals surface area (Å²) in [6.45, 7) is 4.25. The molecular weight excluding hydrogens is 354 g/mol. The zero-order valence-corrected chi connectivity index (χ0v) is 16.7. The molecule has 2 heteroatoms. The third-order valence-electron chi connectivity index (χ3n) is 5.18. The van der Waals surface area contributed by atoms with Crippen molar-refractivity contribution in [1.29, 1.82) is 0 Å². The second-order valence-corrected chi connectivity index (χ2v) is 7.62. The van der Waals surface area contributed by atoms with Crippen molar-refractivity contribution in [3.05, 3.63) is 118 Å². The molecule has 0 unspecified atom stereocenters. The number of aryl methyl sites for hydroxylation is 1. The van der Waals surface area contributed by atoms with Crippen molar-refractivity contribution < 1.29 is 4.79 Å². The molecule has 0 bridgehead atoms. The quantitative estimate of drug-likeness (QED) is 0.554. The number of carbonyl (C=O) groups excluding carboxylic acids is 1. The molecule has 2 nitrogen and oxygen atoms in total. The number of rotatable bonds is 4. The molecule has 144 valence electrons. The van der Waals surface area contributed by atoms with E-state index in [4.69, 9.17) is 0 Å². The van der Waals surface area contributed by atoms with Crippen LogP contribution < -0.4 is 0 Å². The summed E-state index contributed by atoms with van der Waals surface area (Å²) in [6, 6.07) is 28.8. The highest BCUT2D eigenvalue weighted by atomic mass is 16.1. The first-order chi connectivity index (χ1) is 14.2. The van der Waals surface area contributed by atoms with Crippen LogP contribution in [0, 0.1) is 6.92 Å². The smallest absolute Gasteiger partial charge is 0.187 e. The van der Waals surface area contributed by atoms with E-state index in [-0.39, 0.29) is 5.78 Å². The standard InChI is InChI=1S/C27H25NO/c1-21-12-14-24(15-13-21)18-28-19-25(16-22-8-4-2-5-9-22)27(29)26(20-28)17-23-10-6-3-7-11-23/h2-17H,18-20H2,1H3. The van der Waals surface area contributed by atoms with E-state index in [9.17, 15) is 4.79 Å². The molecule has 0 saturated carbocycles. The first-order valence-electron chi connectivity index (χ1n) is 10.0. The lowest BCUT2D eigenvalue weighted by atomic mass is 9.94. The average Bonchev–Trinajstić information content (AvgIpc) is 2.74. The molecule has 1 aliphatic rings. The minimum atomic E-state index is 0.151. The molecule has 0 radical (unpaired) electrons. The lowest BCUT2D eigenvalue weighted by Gasteiger charge is -2.30. The molecule has 1 aliphatic heterocycles. The van der Waals surface area contributed by atoms with Crippen molar-refractivity contribution in [2.24, 2.45) is 0 Å². The van der Waals surface area contributed by atoms with Crippen LogP contribution in [0.1, 0.15) is 22.3 Å². The van der Waals surface area contributed by atoms with Crippen LogP contribution in [0.25, 0.3) is 12.2 Å². The molecule has 4 rings (SSSR count).